The number of aryl methyl sites for hydroxylation is 1. The summed E-state index contributed by atoms with van der Waals surface area (Å²) in [6.07, 6.45) is 1.09. The number of hydrogen-bond acceptors (Lipinski definition) is 4. The average molecular weight is 318 g/mol. The van der Waals surface area contributed by atoms with Crippen molar-refractivity contribution in [2.24, 2.45) is 11.8 Å². The largest absolute Gasteiger partial charge is 0.396 e. The van der Waals surface area contributed by atoms with E-state index in [2.05, 4.69) is 41.0 Å². The van der Waals surface area contributed by atoms with E-state index in [4.69, 9.17) is 4.74 Å². The zero-order valence-corrected chi connectivity index (χ0v) is 14.3. The van der Waals surface area contributed by atoms with E-state index in [-0.39, 0.29) is 0 Å². The van der Waals surface area contributed by atoms with E-state index in [1.54, 1.807) is 0 Å². The molecule has 0 bridgehead atoms. The summed E-state index contributed by atoms with van der Waals surface area (Å²) in [5.41, 5.74) is 2.89. The minimum absolute atomic E-state index is 0.306. The second-order valence-electron chi connectivity index (χ2n) is 6.93. The number of aliphatic hydroxyl groups excluding tert-OH is 1. The summed E-state index contributed by atoms with van der Waals surface area (Å²) in [7, 11) is 0. The quantitative estimate of drug-likeness (QED) is 0.865. The molecule has 2 fully saturated rings. The standard InChI is InChI=1S/C19H30N2O2/c1-2-16-5-3-4-6-17(16)11-21-13-18(19(14-21)15-22)12-20-7-9-23-10-8-20/h3-6,18-19,22H,2,7-15H2,1H3/t18-,19-/m1/s1. The Balaban J connectivity index is 1.59. The van der Waals surface area contributed by atoms with Gasteiger partial charge in [0.2, 0.25) is 0 Å². The number of aliphatic hydroxyl groups is 1. The highest BCUT2D eigenvalue weighted by Crippen LogP contribution is 2.26. The van der Waals surface area contributed by atoms with Crippen LogP contribution in [0.1, 0.15) is 18.1 Å². The second-order valence-corrected chi connectivity index (χ2v) is 6.93. The van der Waals surface area contributed by atoms with Crippen LogP contribution < -0.4 is 0 Å². The van der Waals surface area contributed by atoms with Gasteiger partial charge in [-0.05, 0) is 29.4 Å². The zero-order chi connectivity index (χ0) is 16.1. The predicted molar refractivity (Wildman–Crippen MR) is 92.4 cm³/mol. The number of likely N-dealkylation sites (tertiary alicyclic amines) is 1. The third-order valence-corrected chi connectivity index (χ3v) is 5.38. The molecule has 2 atom stereocenters. The smallest absolute Gasteiger partial charge is 0.0594 e. The third kappa shape index (κ3) is 4.32. The lowest BCUT2D eigenvalue weighted by Crippen LogP contribution is -2.41. The highest BCUT2D eigenvalue weighted by atomic mass is 16.5. The lowest BCUT2D eigenvalue weighted by Gasteiger charge is -2.30. The van der Waals surface area contributed by atoms with Gasteiger partial charge < -0.3 is 9.84 Å². The van der Waals surface area contributed by atoms with Crippen LogP contribution in [0.2, 0.25) is 0 Å². The Hall–Kier alpha value is -0.940. The van der Waals surface area contributed by atoms with Gasteiger partial charge in [0.05, 0.1) is 13.2 Å². The van der Waals surface area contributed by atoms with Crippen molar-refractivity contribution >= 4 is 0 Å². The molecule has 0 radical (unpaired) electrons. The summed E-state index contributed by atoms with van der Waals surface area (Å²) in [6, 6.07) is 8.76. The van der Waals surface area contributed by atoms with E-state index in [0.717, 1.165) is 58.9 Å². The molecule has 4 heteroatoms. The summed E-state index contributed by atoms with van der Waals surface area (Å²) in [5, 5.41) is 9.78. The number of rotatable bonds is 6. The molecule has 4 nitrogen and oxygen atoms in total. The minimum atomic E-state index is 0.306. The molecule has 1 aromatic carbocycles. The van der Waals surface area contributed by atoms with Crippen LogP contribution in [0.4, 0.5) is 0 Å². The zero-order valence-electron chi connectivity index (χ0n) is 14.3. The van der Waals surface area contributed by atoms with Crippen LogP contribution in [-0.4, -0.2) is 67.5 Å². The van der Waals surface area contributed by atoms with Crippen LogP contribution in [0.15, 0.2) is 24.3 Å². The molecule has 3 rings (SSSR count). The van der Waals surface area contributed by atoms with Crippen LogP contribution >= 0.6 is 0 Å². The van der Waals surface area contributed by atoms with Crippen molar-refractivity contribution in [1.82, 2.24) is 9.80 Å². The van der Waals surface area contributed by atoms with E-state index in [1.165, 1.54) is 11.1 Å². The molecule has 2 heterocycles. The van der Waals surface area contributed by atoms with Crippen molar-refractivity contribution in [3.63, 3.8) is 0 Å². The Morgan fingerprint density at radius 3 is 2.43 bits per heavy atom. The van der Waals surface area contributed by atoms with Gasteiger partial charge in [0.1, 0.15) is 0 Å². The highest BCUT2D eigenvalue weighted by molar-refractivity contribution is 5.27. The van der Waals surface area contributed by atoms with Crippen LogP contribution in [0, 0.1) is 11.8 Å². The van der Waals surface area contributed by atoms with E-state index >= 15 is 0 Å². The van der Waals surface area contributed by atoms with E-state index in [0.29, 0.717) is 18.4 Å². The molecule has 1 aromatic rings. The molecule has 0 unspecified atom stereocenters. The third-order valence-electron chi connectivity index (χ3n) is 5.38. The van der Waals surface area contributed by atoms with Gasteiger partial charge in [-0.2, -0.15) is 0 Å². The summed E-state index contributed by atoms with van der Waals surface area (Å²) < 4.78 is 5.44. The van der Waals surface area contributed by atoms with Gasteiger partial charge in [-0.1, -0.05) is 31.2 Å². The first-order valence-corrected chi connectivity index (χ1v) is 9.00. The van der Waals surface area contributed by atoms with E-state index in [1.807, 2.05) is 0 Å². The molecular weight excluding hydrogens is 288 g/mol. The van der Waals surface area contributed by atoms with Gasteiger partial charge in [-0.15, -0.1) is 0 Å². The number of morpholine rings is 1. The van der Waals surface area contributed by atoms with Crippen LogP contribution in [-0.2, 0) is 17.7 Å². The molecule has 1 N–H and O–H groups in total. The maximum Gasteiger partial charge on any atom is 0.0594 e. The molecule has 2 aliphatic heterocycles. The second kappa shape index (κ2) is 8.25. The van der Waals surface area contributed by atoms with Crippen molar-refractivity contribution in [2.75, 3.05) is 52.5 Å². The Morgan fingerprint density at radius 2 is 1.74 bits per heavy atom. The Bertz CT molecular complexity index is 488. The Morgan fingerprint density at radius 1 is 1.04 bits per heavy atom. The molecule has 0 amide bonds. The molecule has 128 valence electrons. The lowest BCUT2D eigenvalue weighted by molar-refractivity contribution is 0.0264. The van der Waals surface area contributed by atoms with Crippen molar-refractivity contribution in [2.45, 2.75) is 19.9 Å². The highest BCUT2D eigenvalue weighted by Gasteiger charge is 2.33. The molecule has 0 aliphatic carbocycles. The van der Waals surface area contributed by atoms with E-state index < -0.39 is 0 Å². The first-order chi connectivity index (χ1) is 11.3. The average Bonchev–Trinajstić information content (AvgIpc) is 2.97. The maximum atomic E-state index is 9.78. The van der Waals surface area contributed by atoms with Crippen molar-refractivity contribution in [3.8, 4) is 0 Å². The van der Waals surface area contributed by atoms with Gasteiger partial charge >= 0.3 is 0 Å². The number of nitrogens with zero attached hydrogens (tertiary/aromatic N) is 2. The molecule has 2 saturated heterocycles. The first kappa shape index (κ1) is 16.9. The van der Waals surface area contributed by atoms with Crippen LogP contribution in [0.3, 0.4) is 0 Å². The fourth-order valence-electron chi connectivity index (χ4n) is 3.99. The molecule has 0 spiro atoms. The fraction of sp³-hybridized carbons (Fsp3) is 0.684. The van der Waals surface area contributed by atoms with Gasteiger partial charge in [-0.3, -0.25) is 9.80 Å². The van der Waals surface area contributed by atoms with Gasteiger partial charge in [0.25, 0.3) is 0 Å². The van der Waals surface area contributed by atoms with Crippen LogP contribution in [0.5, 0.6) is 0 Å². The summed E-state index contributed by atoms with van der Waals surface area (Å²) in [6.45, 7) is 10.5. The SMILES string of the molecule is CCc1ccccc1CN1C[C@@H](CN2CCOCC2)[C@@H](CO)C1. The normalized spacial score (nSPS) is 26.7. The van der Waals surface area contributed by atoms with Gasteiger partial charge in [0, 0.05) is 45.9 Å². The van der Waals surface area contributed by atoms with Crippen molar-refractivity contribution < 1.29 is 9.84 Å². The van der Waals surface area contributed by atoms with Crippen LogP contribution in [0.25, 0.3) is 0 Å². The van der Waals surface area contributed by atoms with Gasteiger partial charge in [0.15, 0.2) is 0 Å². The van der Waals surface area contributed by atoms with Crippen molar-refractivity contribution in [1.29, 1.82) is 0 Å². The number of ether oxygens (including phenoxy) is 1. The molecule has 0 saturated carbocycles. The molecule has 0 aromatic heterocycles. The molecule has 2 aliphatic rings. The number of benzene rings is 1. The summed E-state index contributed by atoms with van der Waals surface area (Å²) in [4.78, 5) is 5.03. The molecule has 23 heavy (non-hydrogen) atoms. The number of hydrogen-bond donors (Lipinski definition) is 1. The minimum Gasteiger partial charge on any atom is -0.396 e. The first-order valence-electron chi connectivity index (χ1n) is 9.00. The van der Waals surface area contributed by atoms with Gasteiger partial charge in [-0.25, -0.2) is 0 Å². The Kier molecular flexibility index (Phi) is 6.06. The summed E-state index contributed by atoms with van der Waals surface area (Å²) in [5.74, 6) is 0.985. The maximum absolute atomic E-state index is 9.78. The lowest BCUT2D eigenvalue weighted by atomic mass is 9.96. The Labute approximate surface area is 140 Å². The van der Waals surface area contributed by atoms with Crippen molar-refractivity contribution in [3.05, 3.63) is 35.4 Å². The summed E-state index contributed by atoms with van der Waals surface area (Å²) >= 11 is 0. The fourth-order valence-corrected chi connectivity index (χ4v) is 3.99. The molecular formula is C19H30N2O2. The monoisotopic (exact) mass is 318 g/mol. The van der Waals surface area contributed by atoms with E-state index in [9.17, 15) is 5.11 Å². The topological polar surface area (TPSA) is 35.9 Å². The predicted octanol–water partition coefficient (Wildman–Crippen LogP) is 1.62.